The first kappa shape index (κ1) is 19.7. The molecule has 0 aliphatic rings. The number of benzene rings is 3. The van der Waals surface area contributed by atoms with Gasteiger partial charge in [-0.3, -0.25) is 0 Å². The van der Waals surface area contributed by atoms with Crippen molar-refractivity contribution in [2.45, 2.75) is 6.61 Å². The predicted octanol–water partition coefficient (Wildman–Crippen LogP) is 6.24. The first-order valence-electron chi connectivity index (χ1n) is 8.52. The van der Waals surface area contributed by atoms with Crippen molar-refractivity contribution in [2.75, 3.05) is 7.11 Å². The maximum atomic E-state index is 13.9. The molecular weight excluding hydrogens is 421 g/mol. The van der Waals surface area contributed by atoms with E-state index in [-0.39, 0.29) is 12.4 Å². The van der Waals surface area contributed by atoms with Gasteiger partial charge >= 0.3 is 0 Å². The predicted molar refractivity (Wildman–Crippen MR) is 111 cm³/mol. The van der Waals surface area contributed by atoms with E-state index >= 15 is 0 Å². The summed E-state index contributed by atoms with van der Waals surface area (Å²) < 4.78 is 25.7. The van der Waals surface area contributed by atoms with Crippen molar-refractivity contribution in [1.82, 2.24) is 0 Å². The van der Waals surface area contributed by atoms with Gasteiger partial charge in [0.15, 0.2) is 0 Å². The van der Waals surface area contributed by atoms with E-state index in [0.717, 1.165) is 21.3 Å². The lowest BCUT2D eigenvalue weighted by Gasteiger charge is -2.11. The number of halogens is 2. The Morgan fingerprint density at radius 1 is 1.11 bits per heavy atom. The monoisotopic (exact) mass is 437 g/mol. The van der Waals surface area contributed by atoms with Crippen LogP contribution in [0.1, 0.15) is 16.7 Å². The molecule has 3 rings (SSSR count). The third-order valence-corrected chi connectivity index (χ3v) is 4.63. The molecule has 0 saturated heterocycles. The third kappa shape index (κ3) is 4.79. The highest BCUT2D eigenvalue weighted by Gasteiger charge is 2.09. The van der Waals surface area contributed by atoms with Crippen molar-refractivity contribution in [1.29, 1.82) is 5.26 Å². The second kappa shape index (κ2) is 9.20. The SMILES string of the molecule is COc1ccc(/C(C#N)=C/c2cc(Br)ccc2OCc2ccccc2F)cc1. The van der Waals surface area contributed by atoms with Gasteiger partial charge in [-0.25, -0.2) is 4.39 Å². The average molecular weight is 438 g/mol. The maximum absolute atomic E-state index is 13.9. The number of nitrogens with zero attached hydrogens (tertiary/aromatic N) is 1. The molecule has 3 aromatic rings. The van der Waals surface area contributed by atoms with E-state index in [4.69, 9.17) is 9.47 Å². The minimum absolute atomic E-state index is 0.0968. The summed E-state index contributed by atoms with van der Waals surface area (Å²) in [7, 11) is 1.59. The zero-order valence-electron chi connectivity index (χ0n) is 15.2. The lowest BCUT2D eigenvalue weighted by Crippen LogP contribution is -1.99. The van der Waals surface area contributed by atoms with Gasteiger partial charge in [0, 0.05) is 15.6 Å². The van der Waals surface area contributed by atoms with E-state index in [9.17, 15) is 9.65 Å². The van der Waals surface area contributed by atoms with Gasteiger partial charge in [0.05, 0.1) is 18.8 Å². The van der Waals surface area contributed by atoms with Crippen LogP contribution < -0.4 is 9.47 Å². The van der Waals surface area contributed by atoms with Gasteiger partial charge in [0.2, 0.25) is 0 Å². The molecule has 0 radical (unpaired) electrons. The standard InChI is InChI=1S/C23H17BrFNO2/c1-27-21-9-6-16(7-10-21)19(14-26)12-18-13-20(24)8-11-23(18)28-15-17-4-2-3-5-22(17)25/h2-13H,15H2,1H3/b19-12+. The summed E-state index contributed by atoms with van der Waals surface area (Å²) in [6.07, 6.45) is 1.75. The number of allylic oxidation sites excluding steroid dienone is 1. The van der Waals surface area contributed by atoms with Crippen LogP contribution in [-0.4, -0.2) is 7.11 Å². The highest BCUT2D eigenvalue weighted by atomic mass is 79.9. The number of hydrogen-bond donors (Lipinski definition) is 0. The van der Waals surface area contributed by atoms with Crippen molar-refractivity contribution in [2.24, 2.45) is 0 Å². The smallest absolute Gasteiger partial charge is 0.129 e. The lowest BCUT2D eigenvalue weighted by atomic mass is 10.0. The molecule has 0 aromatic heterocycles. The second-order valence-corrected chi connectivity index (χ2v) is 6.88. The minimum Gasteiger partial charge on any atom is -0.497 e. The van der Waals surface area contributed by atoms with Crippen LogP contribution in [0.5, 0.6) is 11.5 Å². The second-order valence-electron chi connectivity index (χ2n) is 5.96. The Hall–Kier alpha value is -3.10. The quantitative estimate of drug-likeness (QED) is 0.338. The molecule has 0 amide bonds. The average Bonchev–Trinajstić information content (AvgIpc) is 2.72. The van der Waals surface area contributed by atoms with Gasteiger partial charge in [-0.05, 0) is 60.2 Å². The van der Waals surface area contributed by atoms with E-state index in [0.29, 0.717) is 16.9 Å². The molecule has 0 aliphatic carbocycles. The molecule has 0 aliphatic heterocycles. The van der Waals surface area contributed by atoms with Crippen molar-refractivity contribution in [3.63, 3.8) is 0 Å². The molecule has 0 atom stereocenters. The Kier molecular flexibility index (Phi) is 6.46. The fourth-order valence-electron chi connectivity index (χ4n) is 2.64. The summed E-state index contributed by atoms with van der Waals surface area (Å²) in [4.78, 5) is 0. The topological polar surface area (TPSA) is 42.2 Å². The van der Waals surface area contributed by atoms with E-state index in [1.54, 1.807) is 49.6 Å². The lowest BCUT2D eigenvalue weighted by molar-refractivity contribution is 0.299. The molecule has 0 unspecified atom stereocenters. The molecule has 0 fully saturated rings. The zero-order chi connectivity index (χ0) is 19.9. The highest BCUT2D eigenvalue weighted by molar-refractivity contribution is 9.10. The van der Waals surface area contributed by atoms with Crippen LogP contribution in [0.2, 0.25) is 0 Å². The summed E-state index contributed by atoms with van der Waals surface area (Å²) >= 11 is 3.45. The number of nitriles is 1. The molecule has 0 bridgehead atoms. The number of hydrogen-bond acceptors (Lipinski definition) is 3. The molecular formula is C23H17BrFNO2. The molecule has 0 spiro atoms. The maximum Gasteiger partial charge on any atom is 0.129 e. The Labute approximate surface area is 171 Å². The Morgan fingerprint density at radius 2 is 1.86 bits per heavy atom. The van der Waals surface area contributed by atoms with Crippen LogP contribution in [0.25, 0.3) is 11.6 Å². The fourth-order valence-corrected chi connectivity index (χ4v) is 3.02. The van der Waals surface area contributed by atoms with Gasteiger partial charge in [0.25, 0.3) is 0 Å². The molecule has 28 heavy (non-hydrogen) atoms. The normalized spacial score (nSPS) is 11.0. The minimum atomic E-state index is -0.312. The molecule has 3 nitrogen and oxygen atoms in total. The van der Waals surface area contributed by atoms with Gasteiger partial charge in [-0.15, -0.1) is 0 Å². The van der Waals surface area contributed by atoms with Gasteiger partial charge < -0.3 is 9.47 Å². The van der Waals surface area contributed by atoms with Crippen LogP contribution in [0.4, 0.5) is 4.39 Å². The van der Waals surface area contributed by atoms with Crippen molar-refractivity contribution in [3.8, 4) is 17.6 Å². The first-order valence-corrected chi connectivity index (χ1v) is 9.32. The molecule has 0 saturated carbocycles. The van der Waals surface area contributed by atoms with Crippen molar-refractivity contribution in [3.05, 3.63) is 93.7 Å². The summed E-state index contributed by atoms with van der Waals surface area (Å²) in [6, 6.07) is 21.5. The first-order chi connectivity index (χ1) is 13.6. The summed E-state index contributed by atoms with van der Waals surface area (Å²) in [5, 5.41) is 9.62. The van der Waals surface area contributed by atoms with Crippen LogP contribution in [0.15, 0.2) is 71.2 Å². The Morgan fingerprint density at radius 3 is 2.54 bits per heavy atom. The van der Waals surface area contributed by atoms with Crippen LogP contribution in [0, 0.1) is 17.1 Å². The zero-order valence-corrected chi connectivity index (χ0v) is 16.7. The van der Waals surface area contributed by atoms with Gasteiger partial charge in [-0.2, -0.15) is 5.26 Å². The molecule has 5 heteroatoms. The van der Waals surface area contributed by atoms with Crippen LogP contribution in [0.3, 0.4) is 0 Å². The van der Waals surface area contributed by atoms with E-state index in [2.05, 4.69) is 22.0 Å². The van der Waals surface area contributed by atoms with Crippen molar-refractivity contribution < 1.29 is 13.9 Å². The third-order valence-electron chi connectivity index (χ3n) is 4.13. The number of ether oxygens (including phenoxy) is 2. The summed E-state index contributed by atoms with van der Waals surface area (Å²) in [5.74, 6) is 0.970. The van der Waals surface area contributed by atoms with Crippen LogP contribution in [-0.2, 0) is 6.61 Å². The Balaban J connectivity index is 1.91. The number of rotatable bonds is 6. The largest absolute Gasteiger partial charge is 0.497 e. The summed E-state index contributed by atoms with van der Waals surface area (Å²) in [6.45, 7) is 0.0968. The van der Waals surface area contributed by atoms with E-state index < -0.39 is 0 Å². The van der Waals surface area contributed by atoms with Crippen molar-refractivity contribution >= 4 is 27.6 Å². The fraction of sp³-hybridized carbons (Fsp3) is 0.0870. The molecule has 3 aromatic carbocycles. The van der Waals surface area contributed by atoms with E-state index in [1.165, 1.54) is 6.07 Å². The molecule has 0 heterocycles. The molecule has 140 valence electrons. The molecule has 0 N–H and O–H groups in total. The van der Waals surface area contributed by atoms with Gasteiger partial charge in [-0.1, -0.05) is 34.1 Å². The summed E-state index contributed by atoms with van der Waals surface area (Å²) in [5.41, 5.74) is 2.44. The highest BCUT2D eigenvalue weighted by Crippen LogP contribution is 2.29. The Bertz CT molecular complexity index is 1040. The number of methoxy groups -OCH3 is 1. The van der Waals surface area contributed by atoms with E-state index in [1.807, 2.05) is 24.3 Å². The van der Waals surface area contributed by atoms with Crippen LogP contribution >= 0.6 is 15.9 Å². The van der Waals surface area contributed by atoms with Gasteiger partial charge in [0.1, 0.15) is 23.9 Å².